The van der Waals surface area contributed by atoms with Crippen LogP contribution in [0.5, 0.6) is 0 Å². The van der Waals surface area contributed by atoms with Crippen LogP contribution in [-0.2, 0) is 9.59 Å². The molecule has 2 aromatic rings. The zero-order valence-corrected chi connectivity index (χ0v) is 15.2. The molecule has 0 aliphatic carbocycles. The minimum atomic E-state index is -0.286. The van der Waals surface area contributed by atoms with Gasteiger partial charge in [0.15, 0.2) is 0 Å². The van der Waals surface area contributed by atoms with E-state index in [-0.39, 0.29) is 30.2 Å². The molecule has 0 aliphatic heterocycles. The fourth-order valence-electron chi connectivity index (χ4n) is 2.00. The van der Waals surface area contributed by atoms with Crippen molar-refractivity contribution in [3.63, 3.8) is 0 Å². The van der Waals surface area contributed by atoms with E-state index in [1.807, 2.05) is 19.2 Å². The minimum Gasteiger partial charge on any atom is -0.332 e. The average molecular weight is 359 g/mol. The molecule has 0 radical (unpaired) electrons. The van der Waals surface area contributed by atoms with Gasteiger partial charge in [0.2, 0.25) is 11.8 Å². The Morgan fingerprint density at radius 1 is 1.04 bits per heavy atom. The summed E-state index contributed by atoms with van der Waals surface area (Å²) in [5.74, 6) is -0.635. The molecule has 1 aromatic carbocycles. The highest BCUT2D eigenvalue weighted by Crippen LogP contribution is 2.15. The van der Waals surface area contributed by atoms with Gasteiger partial charge in [-0.2, -0.15) is 0 Å². The zero-order valence-electron chi connectivity index (χ0n) is 14.4. The molecule has 0 atom stereocenters. The second kappa shape index (κ2) is 8.43. The van der Waals surface area contributed by atoms with Gasteiger partial charge in [0.05, 0.1) is 11.4 Å². The SMILES string of the molecule is CC(C)C(=O)Nc1ccc(NC(=O)CN(C)C(=O)c2cccs2)cc1. The number of carbonyl (C=O) groups excluding carboxylic acids is 3. The number of nitrogens with one attached hydrogen (secondary N) is 2. The Kier molecular flexibility index (Phi) is 6.30. The van der Waals surface area contributed by atoms with E-state index < -0.39 is 0 Å². The van der Waals surface area contributed by atoms with Gasteiger partial charge in [-0.25, -0.2) is 0 Å². The maximum Gasteiger partial charge on any atom is 0.264 e. The molecule has 3 amide bonds. The number of benzene rings is 1. The normalized spacial score (nSPS) is 10.4. The molecule has 2 N–H and O–H groups in total. The first kappa shape index (κ1) is 18.7. The summed E-state index contributed by atoms with van der Waals surface area (Å²) in [5.41, 5.74) is 1.27. The Bertz CT molecular complexity index is 739. The number of hydrogen-bond acceptors (Lipinski definition) is 4. The Hall–Kier alpha value is -2.67. The number of anilines is 2. The van der Waals surface area contributed by atoms with Gasteiger partial charge in [-0.3, -0.25) is 14.4 Å². The highest BCUT2D eigenvalue weighted by molar-refractivity contribution is 7.12. The van der Waals surface area contributed by atoms with E-state index in [0.717, 1.165) is 0 Å². The maximum absolute atomic E-state index is 12.1. The van der Waals surface area contributed by atoms with Crippen molar-refractivity contribution in [2.24, 2.45) is 5.92 Å². The van der Waals surface area contributed by atoms with E-state index >= 15 is 0 Å². The van der Waals surface area contributed by atoms with Crippen molar-refractivity contribution in [2.45, 2.75) is 13.8 Å². The van der Waals surface area contributed by atoms with Gasteiger partial charge in [-0.1, -0.05) is 19.9 Å². The number of rotatable bonds is 6. The van der Waals surface area contributed by atoms with Crippen LogP contribution in [0.2, 0.25) is 0 Å². The van der Waals surface area contributed by atoms with Crippen LogP contribution in [0.3, 0.4) is 0 Å². The lowest BCUT2D eigenvalue weighted by molar-refractivity contribution is -0.119. The van der Waals surface area contributed by atoms with E-state index in [0.29, 0.717) is 16.3 Å². The zero-order chi connectivity index (χ0) is 18.4. The molecule has 0 saturated heterocycles. The number of nitrogens with zero attached hydrogens (tertiary/aromatic N) is 1. The summed E-state index contributed by atoms with van der Waals surface area (Å²) in [6.07, 6.45) is 0. The molecule has 0 unspecified atom stereocenters. The van der Waals surface area contributed by atoms with Gasteiger partial charge in [0.1, 0.15) is 0 Å². The predicted molar refractivity (Wildman–Crippen MR) is 99.8 cm³/mol. The van der Waals surface area contributed by atoms with Crippen LogP contribution in [0.4, 0.5) is 11.4 Å². The quantitative estimate of drug-likeness (QED) is 0.832. The van der Waals surface area contributed by atoms with Crippen LogP contribution in [-0.4, -0.2) is 36.2 Å². The highest BCUT2D eigenvalue weighted by atomic mass is 32.1. The Morgan fingerprint density at radius 2 is 1.64 bits per heavy atom. The van der Waals surface area contributed by atoms with E-state index in [1.54, 1.807) is 43.4 Å². The van der Waals surface area contributed by atoms with Crippen molar-refractivity contribution in [2.75, 3.05) is 24.2 Å². The van der Waals surface area contributed by atoms with Crippen LogP contribution in [0.25, 0.3) is 0 Å². The molecule has 0 saturated carbocycles. The molecule has 0 aliphatic rings. The molecular formula is C18H21N3O3S. The number of hydrogen-bond donors (Lipinski definition) is 2. The third-order valence-corrected chi connectivity index (χ3v) is 4.28. The Balaban J connectivity index is 1.88. The monoisotopic (exact) mass is 359 g/mol. The molecule has 0 fully saturated rings. The van der Waals surface area contributed by atoms with Crippen LogP contribution >= 0.6 is 11.3 Å². The van der Waals surface area contributed by atoms with Crippen molar-refractivity contribution < 1.29 is 14.4 Å². The molecular weight excluding hydrogens is 338 g/mol. The van der Waals surface area contributed by atoms with Gasteiger partial charge in [0, 0.05) is 24.3 Å². The lowest BCUT2D eigenvalue weighted by Gasteiger charge is -2.16. The van der Waals surface area contributed by atoms with Crippen molar-refractivity contribution >= 4 is 40.4 Å². The van der Waals surface area contributed by atoms with E-state index in [1.165, 1.54) is 16.2 Å². The first-order chi connectivity index (χ1) is 11.9. The van der Waals surface area contributed by atoms with Gasteiger partial charge in [-0.15, -0.1) is 11.3 Å². The van der Waals surface area contributed by atoms with Crippen molar-refractivity contribution in [3.8, 4) is 0 Å². The summed E-state index contributed by atoms with van der Waals surface area (Å²) in [7, 11) is 1.59. The lowest BCUT2D eigenvalue weighted by atomic mass is 10.2. The molecule has 1 aromatic heterocycles. The summed E-state index contributed by atoms with van der Waals surface area (Å²) in [4.78, 5) is 37.8. The minimum absolute atomic E-state index is 0.0391. The fraction of sp³-hybridized carbons (Fsp3) is 0.278. The standard InChI is InChI=1S/C18H21N3O3S/c1-12(2)17(23)20-14-8-6-13(7-9-14)19-16(22)11-21(3)18(24)15-5-4-10-25-15/h4-10,12H,11H2,1-3H3,(H,19,22)(H,20,23). The van der Waals surface area contributed by atoms with Crippen LogP contribution in [0.15, 0.2) is 41.8 Å². The molecule has 25 heavy (non-hydrogen) atoms. The van der Waals surface area contributed by atoms with Crippen LogP contribution < -0.4 is 10.6 Å². The Labute approximate surface area is 150 Å². The van der Waals surface area contributed by atoms with Gasteiger partial charge in [-0.05, 0) is 35.7 Å². The molecule has 132 valence electrons. The number of amides is 3. The van der Waals surface area contributed by atoms with Gasteiger partial charge in [0.25, 0.3) is 5.91 Å². The molecule has 0 spiro atoms. The molecule has 0 bridgehead atoms. The summed E-state index contributed by atoms with van der Waals surface area (Å²) >= 11 is 1.34. The van der Waals surface area contributed by atoms with E-state index in [9.17, 15) is 14.4 Å². The van der Waals surface area contributed by atoms with Crippen molar-refractivity contribution in [1.29, 1.82) is 0 Å². The second-order valence-electron chi connectivity index (χ2n) is 5.91. The third-order valence-electron chi connectivity index (χ3n) is 3.42. The summed E-state index contributed by atoms with van der Waals surface area (Å²) in [6.45, 7) is 3.60. The summed E-state index contributed by atoms with van der Waals surface area (Å²) in [5, 5.41) is 7.34. The van der Waals surface area contributed by atoms with Crippen molar-refractivity contribution in [3.05, 3.63) is 46.7 Å². The van der Waals surface area contributed by atoms with E-state index in [2.05, 4.69) is 10.6 Å². The van der Waals surface area contributed by atoms with Crippen LogP contribution in [0, 0.1) is 5.92 Å². The van der Waals surface area contributed by atoms with E-state index in [4.69, 9.17) is 0 Å². The number of thiophene rings is 1. The first-order valence-corrected chi connectivity index (χ1v) is 8.74. The fourth-order valence-corrected chi connectivity index (χ4v) is 2.72. The predicted octanol–water partition coefficient (Wildman–Crippen LogP) is 3.05. The largest absolute Gasteiger partial charge is 0.332 e. The lowest BCUT2D eigenvalue weighted by Crippen LogP contribution is -2.34. The summed E-state index contributed by atoms with van der Waals surface area (Å²) < 4.78 is 0. The van der Waals surface area contributed by atoms with Gasteiger partial charge < -0.3 is 15.5 Å². The second-order valence-corrected chi connectivity index (χ2v) is 6.86. The molecule has 2 rings (SSSR count). The summed E-state index contributed by atoms with van der Waals surface area (Å²) in [6, 6.07) is 10.4. The highest BCUT2D eigenvalue weighted by Gasteiger charge is 2.15. The maximum atomic E-state index is 12.1. The molecule has 1 heterocycles. The first-order valence-electron chi connectivity index (χ1n) is 7.86. The van der Waals surface area contributed by atoms with Crippen LogP contribution in [0.1, 0.15) is 23.5 Å². The number of carbonyl (C=O) groups is 3. The molecule has 7 heteroatoms. The average Bonchev–Trinajstić information content (AvgIpc) is 3.10. The van der Waals surface area contributed by atoms with Gasteiger partial charge >= 0.3 is 0 Å². The molecule has 6 nitrogen and oxygen atoms in total. The van der Waals surface area contributed by atoms with Crippen molar-refractivity contribution in [1.82, 2.24) is 4.90 Å². The smallest absolute Gasteiger partial charge is 0.264 e. The third kappa shape index (κ3) is 5.42. The Morgan fingerprint density at radius 3 is 2.16 bits per heavy atom. The topological polar surface area (TPSA) is 78.5 Å². The number of likely N-dealkylation sites (N-methyl/N-ethyl adjacent to an activating group) is 1.